The Morgan fingerprint density at radius 2 is 1.50 bits per heavy atom. The number of halogens is 1. The molecule has 0 fully saturated rings. The Bertz CT molecular complexity index is 523. The van der Waals surface area contributed by atoms with Crippen LogP contribution < -0.4 is 10.6 Å². The number of phenolic OH excluding ortho intramolecular Hbond substituents is 1. The molecular weight excluding hydrogens is 252 g/mol. The lowest BCUT2D eigenvalue weighted by Crippen LogP contribution is -2.19. The maximum Gasteiger partial charge on any atom is 0.323 e. The second-order valence-corrected chi connectivity index (χ2v) is 3.98. The zero-order valence-electron chi connectivity index (χ0n) is 9.35. The van der Waals surface area contributed by atoms with E-state index in [1.165, 1.54) is 6.07 Å². The van der Waals surface area contributed by atoms with E-state index < -0.39 is 6.03 Å². The Labute approximate surface area is 109 Å². The van der Waals surface area contributed by atoms with Crippen molar-refractivity contribution in [3.63, 3.8) is 0 Å². The van der Waals surface area contributed by atoms with E-state index in [9.17, 15) is 9.90 Å². The Hall–Kier alpha value is -2.20. The highest BCUT2D eigenvalue weighted by atomic mass is 35.5. The molecule has 2 aromatic rings. The van der Waals surface area contributed by atoms with Gasteiger partial charge in [-0.1, -0.05) is 35.9 Å². The van der Waals surface area contributed by atoms with E-state index in [2.05, 4.69) is 10.6 Å². The predicted octanol–water partition coefficient (Wildman–Crippen LogP) is 3.69. The summed E-state index contributed by atoms with van der Waals surface area (Å²) in [4.78, 5) is 11.7. The number of para-hydroxylation sites is 3. The van der Waals surface area contributed by atoms with Gasteiger partial charge in [0.2, 0.25) is 0 Å². The summed E-state index contributed by atoms with van der Waals surface area (Å²) in [5.74, 6) is 0.00630. The van der Waals surface area contributed by atoms with Crippen molar-refractivity contribution < 1.29 is 9.90 Å². The molecule has 0 atom stereocenters. The van der Waals surface area contributed by atoms with Gasteiger partial charge in [-0.05, 0) is 24.3 Å². The van der Waals surface area contributed by atoms with E-state index in [1.807, 2.05) is 0 Å². The molecule has 0 aliphatic carbocycles. The third kappa shape index (κ3) is 2.93. The van der Waals surface area contributed by atoms with Crippen LogP contribution in [-0.4, -0.2) is 11.1 Å². The number of phenols is 1. The van der Waals surface area contributed by atoms with Crippen LogP contribution in [0.2, 0.25) is 5.02 Å². The van der Waals surface area contributed by atoms with Gasteiger partial charge in [-0.3, -0.25) is 0 Å². The van der Waals surface area contributed by atoms with Crippen LogP contribution in [-0.2, 0) is 0 Å². The number of rotatable bonds is 2. The summed E-state index contributed by atoms with van der Waals surface area (Å²) < 4.78 is 0. The number of amides is 2. The standard InChI is InChI=1S/C13H11ClN2O2/c14-9-5-1-2-6-10(9)15-13(18)16-11-7-3-4-8-12(11)17/h1-8,17H,(H2,15,16,18). The molecule has 0 saturated carbocycles. The highest BCUT2D eigenvalue weighted by Crippen LogP contribution is 2.23. The number of nitrogens with one attached hydrogen (secondary N) is 2. The van der Waals surface area contributed by atoms with Gasteiger partial charge in [-0.25, -0.2) is 4.79 Å². The summed E-state index contributed by atoms with van der Waals surface area (Å²) in [5, 5.41) is 15.1. The van der Waals surface area contributed by atoms with E-state index in [-0.39, 0.29) is 5.75 Å². The third-order valence-corrected chi connectivity index (χ3v) is 2.60. The van der Waals surface area contributed by atoms with Crippen molar-refractivity contribution in [1.82, 2.24) is 0 Å². The van der Waals surface area contributed by atoms with Gasteiger partial charge < -0.3 is 15.7 Å². The quantitative estimate of drug-likeness (QED) is 0.723. The number of hydrogen-bond donors (Lipinski definition) is 3. The van der Waals surface area contributed by atoms with E-state index in [4.69, 9.17) is 11.6 Å². The molecule has 0 heterocycles. The van der Waals surface area contributed by atoms with Crippen molar-refractivity contribution in [3.05, 3.63) is 53.6 Å². The second kappa shape index (κ2) is 5.42. The second-order valence-electron chi connectivity index (χ2n) is 3.58. The average Bonchev–Trinajstić information content (AvgIpc) is 2.35. The smallest absolute Gasteiger partial charge is 0.323 e. The first-order valence-corrected chi connectivity index (χ1v) is 5.65. The molecule has 0 unspecified atom stereocenters. The van der Waals surface area contributed by atoms with Crippen molar-refractivity contribution in [3.8, 4) is 5.75 Å². The van der Waals surface area contributed by atoms with Gasteiger partial charge in [0, 0.05) is 0 Å². The van der Waals surface area contributed by atoms with Crippen molar-refractivity contribution in [2.24, 2.45) is 0 Å². The number of benzene rings is 2. The van der Waals surface area contributed by atoms with E-state index >= 15 is 0 Å². The maximum atomic E-state index is 11.7. The third-order valence-electron chi connectivity index (χ3n) is 2.27. The maximum absolute atomic E-state index is 11.7. The van der Waals surface area contributed by atoms with Gasteiger partial charge in [0.1, 0.15) is 5.75 Å². The van der Waals surface area contributed by atoms with Crippen LogP contribution in [0.25, 0.3) is 0 Å². The topological polar surface area (TPSA) is 61.4 Å². The molecule has 2 aromatic carbocycles. The first-order chi connectivity index (χ1) is 8.66. The van der Waals surface area contributed by atoms with Crippen LogP contribution in [0, 0.1) is 0 Å². The number of aromatic hydroxyl groups is 1. The van der Waals surface area contributed by atoms with Gasteiger partial charge in [0.15, 0.2) is 0 Å². The molecule has 0 saturated heterocycles. The van der Waals surface area contributed by atoms with E-state index in [0.717, 1.165) is 0 Å². The van der Waals surface area contributed by atoms with E-state index in [1.54, 1.807) is 42.5 Å². The number of hydrogen-bond acceptors (Lipinski definition) is 2. The van der Waals surface area contributed by atoms with Gasteiger partial charge in [0.05, 0.1) is 16.4 Å². The fourth-order valence-electron chi connectivity index (χ4n) is 1.42. The molecule has 0 bridgehead atoms. The largest absolute Gasteiger partial charge is 0.506 e. The lowest BCUT2D eigenvalue weighted by atomic mass is 10.3. The van der Waals surface area contributed by atoms with Gasteiger partial charge in [-0.2, -0.15) is 0 Å². The molecule has 2 rings (SSSR count). The summed E-state index contributed by atoms with van der Waals surface area (Å²) in [7, 11) is 0. The van der Waals surface area contributed by atoms with Crippen molar-refractivity contribution >= 4 is 29.0 Å². The Morgan fingerprint density at radius 1 is 0.944 bits per heavy atom. The molecule has 18 heavy (non-hydrogen) atoms. The van der Waals surface area contributed by atoms with Crippen LogP contribution in [0.5, 0.6) is 5.75 Å². The molecule has 0 spiro atoms. The molecule has 2 amide bonds. The number of carbonyl (C=O) groups excluding carboxylic acids is 1. The highest BCUT2D eigenvalue weighted by Gasteiger charge is 2.07. The van der Waals surface area contributed by atoms with Crippen LogP contribution >= 0.6 is 11.6 Å². The minimum atomic E-state index is -0.468. The normalized spacial score (nSPS) is 9.83. The van der Waals surface area contributed by atoms with Gasteiger partial charge in [0.25, 0.3) is 0 Å². The fraction of sp³-hybridized carbons (Fsp3) is 0. The van der Waals surface area contributed by atoms with Crippen molar-refractivity contribution in [2.45, 2.75) is 0 Å². The Balaban J connectivity index is 2.06. The summed E-state index contributed by atoms with van der Waals surface area (Å²) in [6.45, 7) is 0. The minimum absolute atomic E-state index is 0.00630. The number of urea groups is 1. The molecule has 3 N–H and O–H groups in total. The first kappa shape index (κ1) is 12.3. The monoisotopic (exact) mass is 262 g/mol. The molecule has 92 valence electrons. The lowest BCUT2D eigenvalue weighted by Gasteiger charge is -2.09. The van der Waals surface area contributed by atoms with Crippen LogP contribution in [0.15, 0.2) is 48.5 Å². The van der Waals surface area contributed by atoms with Crippen molar-refractivity contribution in [2.75, 3.05) is 10.6 Å². The lowest BCUT2D eigenvalue weighted by molar-refractivity contribution is 0.262. The molecule has 4 nitrogen and oxygen atoms in total. The Morgan fingerprint density at radius 3 is 2.17 bits per heavy atom. The van der Waals surface area contributed by atoms with Gasteiger partial charge >= 0.3 is 6.03 Å². The minimum Gasteiger partial charge on any atom is -0.506 e. The molecule has 0 aliphatic heterocycles. The average molecular weight is 263 g/mol. The van der Waals surface area contributed by atoms with Crippen LogP contribution in [0.4, 0.5) is 16.2 Å². The van der Waals surface area contributed by atoms with Gasteiger partial charge in [-0.15, -0.1) is 0 Å². The van der Waals surface area contributed by atoms with E-state index in [0.29, 0.717) is 16.4 Å². The summed E-state index contributed by atoms with van der Waals surface area (Å²) in [5.41, 5.74) is 0.842. The number of anilines is 2. The molecular formula is C13H11ClN2O2. The number of carbonyl (C=O) groups is 1. The SMILES string of the molecule is O=C(Nc1ccccc1O)Nc1ccccc1Cl. The zero-order chi connectivity index (χ0) is 13.0. The summed E-state index contributed by atoms with van der Waals surface area (Å²) >= 11 is 5.91. The first-order valence-electron chi connectivity index (χ1n) is 5.27. The highest BCUT2D eigenvalue weighted by molar-refractivity contribution is 6.33. The predicted molar refractivity (Wildman–Crippen MR) is 72.2 cm³/mol. The summed E-state index contributed by atoms with van der Waals surface area (Å²) in [6.07, 6.45) is 0. The molecule has 0 aromatic heterocycles. The molecule has 5 heteroatoms. The van der Waals surface area contributed by atoms with Crippen LogP contribution in [0.3, 0.4) is 0 Å². The fourth-order valence-corrected chi connectivity index (χ4v) is 1.60. The Kier molecular flexibility index (Phi) is 3.69. The summed E-state index contributed by atoms with van der Waals surface area (Å²) in [6, 6.07) is 12.9. The zero-order valence-corrected chi connectivity index (χ0v) is 10.1. The van der Waals surface area contributed by atoms with Crippen molar-refractivity contribution in [1.29, 1.82) is 0 Å². The molecule has 0 radical (unpaired) electrons. The molecule has 0 aliphatic rings. The van der Waals surface area contributed by atoms with Crippen LogP contribution in [0.1, 0.15) is 0 Å².